The number of thioether (sulfide) groups is 1. The Kier molecular flexibility index (Phi) is 4.56. The average molecular weight is 247 g/mol. The Morgan fingerprint density at radius 2 is 2.27 bits per heavy atom. The molecule has 0 aliphatic heterocycles. The van der Waals surface area contributed by atoms with E-state index in [-0.39, 0.29) is 11.5 Å². The van der Waals surface area contributed by atoms with Crippen LogP contribution in [0.25, 0.3) is 0 Å². The first-order chi connectivity index (χ1) is 7.05. The summed E-state index contributed by atoms with van der Waals surface area (Å²) in [5.41, 5.74) is 0. The van der Waals surface area contributed by atoms with Gasteiger partial charge in [0, 0.05) is 24.8 Å². The molecule has 0 saturated heterocycles. The summed E-state index contributed by atoms with van der Waals surface area (Å²) in [6.45, 7) is 0.105. The first kappa shape index (κ1) is 12.5. The third-order valence-electron chi connectivity index (χ3n) is 1.68. The van der Waals surface area contributed by atoms with E-state index in [0.717, 1.165) is 0 Å². The van der Waals surface area contributed by atoms with E-state index in [2.05, 4.69) is 4.98 Å². The largest absolute Gasteiger partial charge is 0.396 e. The van der Waals surface area contributed by atoms with Crippen LogP contribution in [-0.2, 0) is 9.84 Å². The number of aliphatic hydroxyl groups is 1. The minimum Gasteiger partial charge on any atom is -0.396 e. The molecule has 0 saturated carbocycles. The minimum absolute atomic E-state index is 0.105. The molecule has 84 valence electrons. The normalized spacial score (nSPS) is 11.6. The second-order valence-electron chi connectivity index (χ2n) is 3.00. The molecule has 4 nitrogen and oxygen atoms in total. The van der Waals surface area contributed by atoms with Gasteiger partial charge >= 0.3 is 0 Å². The van der Waals surface area contributed by atoms with Gasteiger partial charge in [-0.1, -0.05) is 0 Å². The number of sulfone groups is 1. The molecule has 0 amide bonds. The highest BCUT2D eigenvalue weighted by atomic mass is 32.2. The van der Waals surface area contributed by atoms with Gasteiger partial charge in [-0.05, 0) is 18.6 Å². The van der Waals surface area contributed by atoms with Crippen LogP contribution in [0.2, 0.25) is 0 Å². The van der Waals surface area contributed by atoms with Crippen molar-refractivity contribution in [2.45, 2.75) is 16.3 Å². The summed E-state index contributed by atoms with van der Waals surface area (Å²) in [7, 11) is -3.22. The van der Waals surface area contributed by atoms with E-state index in [0.29, 0.717) is 17.2 Å². The SMILES string of the molecule is CS(=O)(=O)c1cccnc1SCCCO. The van der Waals surface area contributed by atoms with Crippen molar-refractivity contribution in [3.05, 3.63) is 18.3 Å². The van der Waals surface area contributed by atoms with Crippen molar-refractivity contribution in [3.8, 4) is 0 Å². The smallest absolute Gasteiger partial charge is 0.178 e. The van der Waals surface area contributed by atoms with E-state index < -0.39 is 9.84 Å². The maximum Gasteiger partial charge on any atom is 0.178 e. The third-order valence-corrected chi connectivity index (χ3v) is 4.03. The van der Waals surface area contributed by atoms with Gasteiger partial charge in [-0.15, -0.1) is 11.8 Å². The first-order valence-corrected chi connectivity index (χ1v) is 7.32. The van der Waals surface area contributed by atoms with Gasteiger partial charge in [-0.2, -0.15) is 0 Å². The van der Waals surface area contributed by atoms with E-state index in [1.165, 1.54) is 18.0 Å². The monoisotopic (exact) mass is 247 g/mol. The Morgan fingerprint density at radius 3 is 2.87 bits per heavy atom. The van der Waals surface area contributed by atoms with Crippen molar-refractivity contribution >= 4 is 21.6 Å². The van der Waals surface area contributed by atoms with Crippen molar-refractivity contribution in [3.63, 3.8) is 0 Å². The van der Waals surface area contributed by atoms with E-state index >= 15 is 0 Å². The van der Waals surface area contributed by atoms with E-state index in [4.69, 9.17) is 5.11 Å². The Labute approximate surface area is 93.7 Å². The predicted molar refractivity (Wildman–Crippen MR) is 59.8 cm³/mol. The topological polar surface area (TPSA) is 67.3 Å². The highest BCUT2D eigenvalue weighted by Gasteiger charge is 2.13. The molecule has 0 fully saturated rings. The molecular formula is C9H13NO3S2. The van der Waals surface area contributed by atoms with Gasteiger partial charge in [0.15, 0.2) is 9.84 Å². The number of aromatic nitrogens is 1. The van der Waals surface area contributed by atoms with Crippen LogP contribution in [0.15, 0.2) is 28.3 Å². The number of hydrogen-bond donors (Lipinski definition) is 1. The fourth-order valence-corrected chi connectivity index (χ4v) is 3.14. The number of hydrogen-bond acceptors (Lipinski definition) is 5. The van der Waals surface area contributed by atoms with Gasteiger partial charge in [0.1, 0.15) is 5.03 Å². The lowest BCUT2D eigenvalue weighted by Crippen LogP contribution is -2.01. The molecule has 0 spiro atoms. The van der Waals surface area contributed by atoms with Crippen LogP contribution in [0.3, 0.4) is 0 Å². The Bertz CT molecular complexity index is 417. The van der Waals surface area contributed by atoms with E-state index in [1.54, 1.807) is 18.3 Å². The van der Waals surface area contributed by atoms with Crippen molar-refractivity contribution in [1.29, 1.82) is 0 Å². The van der Waals surface area contributed by atoms with Gasteiger partial charge in [-0.25, -0.2) is 13.4 Å². The molecule has 1 N–H and O–H groups in total. The van der Waals surface area contributed by atoms with Crippen LogP contribution in [0, 0.1) is 0 Å². The minimum atomic E-state index is -3.22. The molecule has 15 heavy (non-hydrogen) atoms. The molecule has 6 heteroatoms. The summed E-state index contributed by atoms with van der Waals surface area (Å²) in [6.07, 6.45) is 3.36. The summed E-state index contributed by atoms with van der Waals surface area (Å²) in [5, 5.41) is 9.13. The quantitative estimate of drug-likeness (QED) is 0.620. The highest BCUT2D eigenvalue weighted by Crippen LogP contribution is 2.24. The van der Waals surface area contributed by atoms with Gasteiger partial charge in [0.05, 0.1) is 4.90 Å². The van der Waals surface area contributed by atoms with Gasteiger partial charge in [-0.3, -0.25) is 0 Å². The number of nitrogens with zero attached hydrogens (tertiary/aromatic N) is 1. The molecule has 1 aromatic heterocycles. The number of aliphatic hydroxyl groups excluding tert-OH is 1. The van der Waals surface area contributed by atoms with E-state index in [9.17, 15) is 8.42 Å². The van der Waals surface area contributed by atoms with Gasteiger partial charge < -0.3 is 5.11 Å². The van der Waals surface area contributed by atoms with Gasteiger partial charge in [0.2, 0.25) is 0 Å². The molecule has 0 bridgehead atoms. The number of pyridine rings is 1. The standard InChI is InChI=1S/C9H13NO3S2/c1-15(12,13)8-4-2-5-10-9(8)14-7-3-6-11/h2,4-5,11H,3,6-7H2,1H3. The van der Waals surface area contributed by atoms with Crippen LogP contribution < -0.4 is 0 Å². The lowest BCUT2D eigenvalue weighted by Gasteiger charge is -2.04. The van der Waals surface area contributed by atoms with Crippen LogP contribution in [-0.4, -0.2) is 37.1 Å². The Morgan fingerprint density at radius 1 is 1.53 bits per heavy atom. The second-order valence-corrected chi connectivity index (χ2v) is 6.07. The summed E-state index contributed by atoms with van der Waals surface area (Å²) >= 11 is 1.35. The molecular weight excluding hydrogens is 234 g/mol. The van der Waals surface area contributed by atoms with Crippen molar-refractivity contribution in [2.75, 3.05) is 18.6 Å². The van der Waals surface area contributed by atoms with Crippen LogP contribution in [0.4, 0.5) is 0 Å². The summed E-state index contributed by atoms with van der Waals surface area (Å²) in [5.74, 6) is 0.663. The fraction of sp³-hybridized carbons (Fsp3) is 0.444. The molecule has 0 aromatic carbocycles. The van der Waals surface area contributed by atoms with Crippen LogP contribution in [0.5, 0.6) is 0 Å². The Hall–Kier alpha value is -0.590. The Balaban J connectivity index is 2.88. The zero-order valence-corrected chi connectivity index (χ0v) is 10.0. The maximum atomic E-state index is 11.4. The molecule has 0 aliphatic carbocycles. The van der Waals surface area contributed by atoms with Crippen LogP contribution >= 0.6 is 11.8 Å². The lowest BCUT2D eigenvalue weighted by atomic mass is 10.5. The second kappa shape index (κ2) is 5.48. The zero-order chi connectivity index (χ0) is 11.3. The van der Waals surface area contributed by atoms with E-state index in [1.807, 2.05) is 0 Å². The molecule has 1 aromatic rings. The van der Waals surface area contributed by atoms with Crippen molar-refractivity contribution < 1.29 is 13.5 Å². The summed E-state index contributed by atoms with van der Waals surface area (Å²) in [6, 6.07) is 3.15. The van der Waals surface area contributed by atoms with Crippen molar-refractivity contribution in [1.82, 2.24) is 4.98 Å². The maximum absolute atomic E-state index is 11.4. The van der Waals surface area contributed by atoms with Crippen molar-refractivity contribution in [2.24, 2.45) is 0 Å². The average Bonchev–Trinajstić information content (AvgIpc) is 2.17. The fourth-order valence-electron chi connectivity index (χ4n) is 1.00. The molecule has 1 heterocycles. The zero-order valence-electron chi connectivity index (χ0n) is 8.38. The highest BCUT2D eigenvalue weighted by molar-refractivity contribution is 8.00. The molecule has 0 radical (unpaired) electrons. The third kappa shape index (κ3) is 3.81. The van der Waals surface area contributed by atoms with Crippen LogP contribution in [0.1, 0.15) is 6.42 Å². The molecule has 0 unspecified atom stereocenters. The summed E-state index contributed by atoms with van der Waals surface area (Å²) in [4.78, 5) is 4.28. The summed E-state index contributed by atoms with van der Waals surface area (Å²) < 4.78 is 22.8. The molecule has 0 atom stereocenters. The molecule has 1 rings (SSSR count). The predicted octanol–water partition coefficient (Wildman–Crippen LogP) is 0.960. The first-order valence-electron chi connectivity index (χ1n) is 4.44. The number of rotatable bonds is 5. The van der Waals surface area contributed by atoms with Gasteiger partial charge in [0.25, 0.3) is 0 Å². The lowest BCUT2D eigenvalue weighted by molar-refractivity contribution is 0.296. The molecule has 0 aliphatic rings.